The molecule has 1 aromatic heterocycles. The zero-order chi connectivity index (χ0) is 13.8. The first kappa shape index (κ1) is 13.5. The second-order valence-corrected chi connectivity index (χ2v) is 4.59. The summed E-state index contributed by atoms with van der Waals surface area (Å²) in [5, 5.41) is 4.08. The van der Waals surface area contributed by atoms with Crippen molar-refractivity contribution in [1.82, 2.24) is 10.3 Å². The Hall–Kier alpha value is -1.97. The summed E-state index contributed by atoms with van der Waals surface area (Å²) in [5.41, 5.74) is 3.49. The standard InChI is InChI=1S/C15H20N2O2/c1-4-15(18)16-8-7-12-10(2)17-14-6-5-11(19-3)9-13(12)14/h5-6,9,17H,4,7-8H2,1-3H3,(H,16,18). The number of carbonyl (C=O) groups excluding carboxylic acids is 1. The third kappa shape index (κ3) is 2.89. The number of hydrogen-bond donors (Lipinski definition) is 2. The Morgan fingerprint density at radius 1 is 1.42 bits per heavy atom. The molecule has 0 radical (unpaired) electrons. The van der Waals surface area contributed by atoms with Gasteiger partial charge in [-0.15, -0.1) is 0 Å². The van der Waals surface area contributed by atoms with Crippen LogP contribution in [0.1, 0.15) is 24.6 Å². The van der Waals surface area contributed by atoms with Crippen molar-refractivity contribution in [3.05, 3.63) is 29.5 Å². The predicted molar refractivity (Wildman–Crippen MR) is 76.6 cm³/mol. The molecule has 0 aliphatic rings. The van der Waals surface area contributed by atoms with Crippen molar-refractivity contribution in [2.75, 3.05) is 13.7 Å². The minimum absolute atomic E-state index is 0.0927. The minimum Gasteiger partial charge on any atom is -0.497 e. The molecular formula is C15H20N2O2. The molecular weight excluding hydrogens is 240 g/mol. The number of aryl methyl sites for hydroxylation is 1. The number of fused-ring (bicyclic) bond motifs is 1. The summed E-state index contributed by atoms with van der Waals surface area (Å²) in [6.45, 7) is 4.58. The molecule has 2 N–H and O–H groups in total. The molecule has 4 heteroatoms. The highest BCUT2D eigenvalue weighted by Gasteiger charge is 2.09. The smallest absolute Gasteiger partial charge is 0.219 e. The summed E-state index contributed by atoms with van der Waals surface area (Å²) in [5.74, 6) is 0.945. The van der Waals surface area contributed by atoms with Crippen molar-refractivity contribution in [2.45, 2.75) is 26.7 Å². The van der Waals surface area contributed by atoms with Crippen molar-refractivity contribution in [1.29, 1.82) is 0 Å². The molecule has 0 unspecified atom stereocenters. The second kappa shape index (κ2) is 5.78. The van der Waals surface area contributed by atoms with E-state index in [1.165, 1.54) is 10.9 Å². The number of aromatic amines is 1. The van der Waals surface area contributed by atoms with Gasteiger partial charge < -0.3 is 15.0 Å². The van der Waals surface area contributed by atoms with E-state index in [0.717, 1.165) is 23.4 Å². The van der Waals surface area contributed by atoms with Gasteiger partial charge in [-0.1, -0.05) is 6.92 Å². The first-order valence-electron chi connectivity index (χ1n) is 6.57. The van der Waals surface area contributed by atoms with E-state index in [1.807, 2.05) is 25.1 Å². The van der Waals surface area contributed by atoms with Crippen molar-refractivity contribution in [3.8, 4) is 5.75 Å². The number of methoxy groups -OCH3 is 1. The molecule has 0 saturated heterocycles. The normalized spacial score (nSPS) is 10.7. The molecule has 0 fully saturated rings. The lowest BCUT2D eigenvalue weighted by molar-refractivity contribution is -0.120. The number of amides is 1. The highest BCUT2D eigenvalue weighted by atomic mass is 16.5. The third-order valence-corrected chi connectivity index (χ3v) is 3.34. The van der Waals surface area contributed by atoms with Gasteiger partial charge in [-0.2, -0.15) is 0 Å². The first-order chi connectivity index (χ1) is 9.15. The quantitative estimate of drug-likeness (QED) is 0.868. The van der Waals surface area contributed by atoms with E-state index in [2.05, 4.69) is 17.2 Å². The van der Waals surface area contributed by atoms with Gasteiger partial charge in [0.05, 0.1) is 7.11 Å². The fourth-order valence-electron chi connectivity index (χ4n) is 2.26. The van der Waals surface area contributed by atoms with Crippen LogP contribution >= 0.6 is 0 Å². The number of benzene rings is 1. The Morgan fingerprint density at radius 3 is 2.89 bits per heavy atom. The van der Waals surface area contributed by atoms with Crippen LogP contribution in [-0.4, -0.2) is 24.5 Å². The van der Waals surface area contributed by atoms with Gasteiger partial charge in [0, 0.05) is 29.6 Å². The fourth-order valence-corrected chi connectivity index (χ4v) is 2.26. The van der Waals surface area contributed by atoms with E-state index < -0.39 is 0 Å². The van der Waals surface area contributed by atoms with Gasteiger partial charge >= 0.3 is 0 Å². The second-order valence-electron chi connectivity index (χ2n) is 4.59. The number of carbonyl (C=O) groups is 1. The van der Waals surface area contributed by atoms with Crippen LogP contribution in [0.5, 0.6) is 5.75 Å². The maximum Gasteiger partial charge on any atom is 0.219 e. The molecule has 4 nitrogen and oxygen atoms in total. The van der Waals surface area contributed by atoms with Crippen molar-refractivity contribution < 1.29 is 9.53 Å². The Kier molecular flexibility index (Phi) is 4.10. The minimum atomic E-state index is 0.0927. The largest absolute Gasteiger partial charge is 0.497 e. The van der Waals surface area contributed by atoms with E-state index >= 15 is 0 Å². The van der Waals surface area contributed by atoms with E-state index in [4.69, 9.17) is 4.74 Å². The highest BCUT2D eigenvalue weighted by Crippen LogP contribution is 2.26. The molecule has 0 spiro atoms. The number of nitrogens with one attached hydrogen (secondary N) is 2. The molecule has 0 bridgehead atoms. The molecule has 19 heavy (non-hydrogen) atoms. The summed E-state index contributed by atoms with van der Waals surface area (Å²) in [6, 6.07) is 6.01. The van der Waals surface area contributed by atoms with E-state index in [1.54, 1.807) is 7.11 Å². The van der Waals surface area contributed by atoms with Gasteiger partial charge in [0.2, 0.25) is 5.91 Å². The zero-order valence-corrected chi connectivity index (χ0v) is 11.7. The average Bonchev–Trinajstić information content (AvgIpc) is 2.74. The SMILES string of the molecule is CCC(=O)NCCc1c(C)[nH]c2ccc(OC)cc12. The number of ether oxygens (including phenoxy) is 1. The summed E-state index contributed by atoms with van der Waals surface area (Å²) in [7, 11) is 1.67. The number of rotatable bonds is 5. The molecule has 0 aliphatic heterocycles. The van der Waals surface area contributed by atoms with E-state index in [0.29, 0.717) is 13.0 Å². The van der Waals surface area contributed by atoms with Crippen molar-refractivity contribution >= 4 is 16.8 Å². The molecule has 0 atom stereocenters. The van der Waals surface area contributed by atoms with E-state index in [-0.39, 0.29) is 5.91 Å². The van der Waals surface area contributed by atoms with Crippen LogP contribution in [-0.2, 0) is 11.2 Å². The maximum atomic E-state index is 11.3. The Bertz CT molecular complexity index is 587. The number of hydrogen-bond acceptors (Lipinski definition) is 2. The van der Waals surface area contributed by atoms with Gasteiger partial charge in [0.15, 0.2) is 0 Å². The van der Waals surface area contributed by atoms with Gasteiger partial charge in [0.25, 0.3) is 0 Å². The lowest BCUT2D eigenvalue weighted by Crippen LogP contribution is -2.24. The molecule has 102 valence electrons. The van der Waals surface area contributed by atoms with Crippen LogP contribution < -0.4 is 10.1 Å². The summed E-state index contributed by atoms with van der Waals surface area (Å²) in [4.78, 5) is 14.6. The Morgan fingerprint density at radius 2 is 2.21 bits per heavy atom. The van der Waals surface area contributed by atoms with Gasteiger partial charge in [0.1, 0.15) is 5.75 Å². The first-order valence-corrected chi connectivity index (χ1v) is 6.57. The summed E-state index contributed by atoms with van der Waals surface area (Å²) in [6.07, 6.45) is 1.35. The van der Waals surface area contributed by atoms with Crippen LogP contribution in [0.4, 0.5) is 0 Å². The van der Waals surface area contributed by atoms with Crippen molar-refractivity contribution in [3.63, 3.8) is 0 Å². The summed E-state index contributed by atoms with van der Waals surface area (Å²) < 4.78 is 5.26. The van der Waals surface area contributed by atoms with Crippen LogP contribution in [0.15, 0.2) is 18.2 Å². The Labute approximate surface area is 113 Å². The van der Waals surface area contributed by atoms with Gasteiger partial charge in [-0.25, -0.2) is 0 Å². The van der Waals surface area contributed by atoms with Crippen LogP contribution in [0, 0.1) is 6.92 Å². The van der Waals surface area contributed by atoms with Crippen LogP contribution in [0.25, 0.3) is 10.9 Å². The topological polar surface area (TPSA) is 54.1 Å². The van der Waals surface area contributed by atoms with Crippen LogP contribution in [0.3, 0.4) is 0 Å². The third-order valence-electron chi connectivity index (χ3n) is 3.34. The van der Waals surface area contributed by atoms with Crippen molar-refractivity contribution in [2.24, 2.45) is 0 Å². The average molecular weight is 260 g/mol. The molecule has 2 rings (SSSR count). The molecule has 0 saturated carbocycles. The number of aromatic nitrogens is 1. The summed E-state index contributed by atoms with van der Waals surface area (Å²) >= 11 is 0. The molecule has 1 heterocycles. The predicted octanol–water partition coefficient (Wildman–Crippen LogP) is 2.55. The van der Waals surface area contributed by atoms with E-state index in [9.17, 15) is 4.79 Å². The van der Waals surface area contributed by atoms with Gasteiger partial charge in [-0.3, -0.25) is 4.79 Å². The lowest BCUT2D eigenvalue weighted by atomic mass is 10.1. The zero-order valence-electron chi connectivity index (χ0n) is 11.7. The van der Waals surface area contributed by atoms with Gasteiger partial charge in [-0.05, 0) is 37.1 Å². The molecule has 0 aliphatic carbocycles. The molecule has 2 aromatic rings. The highest BCUT2D eigenvalue weighted by molar-refractivity contribution is 5.86. The molecule has 1 amide bonds. The lowest BCUT2D eigenvalue weighted by Gasteiger charge is -2.05. The Balaban J connectivity index is 2.21. The van der Waals surface area contributed by atoms with Crippen LogP contribution in [0.2, 0.25) is 0 Å². The molecule has 1 aromatic carbocycles. The monoisotopic (exact) mass is 260 g/mol. The fraction of sp³-hybridized carbons (Fsp3) is 0.400. The number of H-pyrrole nitrogens is 1. The maximum absolute atomic E-state index is 11.3.